The Morgan fingerprint density at radius 3 is 1.69 bits per heavy atom. The average molecular weight is 230 g/mol. The second-order valence-electron chi connectivity index (χ2n) is 3.70. The maximum Gasteiger partial charge on any atom is 0.219 e. The van der Waals surface area contributed by atoms with E-state index < -0.39 is 0 Å². The van der Waals surface area contributed by atoms with Gasteiger partial charge in [0.25, 0.3) is 0 Å². The molecule has 0 aliphatic carbocycles. The first-order valence-corrected chi connectivity index (χ1v) is 6.53. The van der Waals surface area contributed by atoms with Crippen molar-refractivity contribution >= 4 is 5.91 Å². The molecule has 16 heavy (non-hydrogen) atoms. The second kappa shape index (κ2) is 10.9. The molecule has 1 aliphatic rings. The summed E-state index contributed by atoms with van der Waals surface area (Å²) >= 11 is 0. The van der Waals surface area contributed by atoms with Gasteiger partial charge >= 0.3 is 0 Å². The summed E-state index contributed by atoms with van der Waals surface area (Å²) in [5.74, 6) is 0.215. The van der Waals surface area contributed by atoms with Crippen molar-refractivity contribution in [2.45, 2.75) is 53.5 Å². The topological polar surface area (TPSA) is 23.6 Å². The molecule has 0 aromatic heterocycles. The number of hydrogen-bond acceptors (Lipinski definition) is 2. The lowest BCUT2D eigenvalue weighted by Gasteiger charge is -2.34. The van der Waals surface area contributed by atoms with Crippen molar-refractivity contribution < 1.29 is 4.79 Å². The van der Waals surface area contributed by atoms with Crippen molar-refractivity contribution in [2.75, 3.05) is 27.2 Å². The summed E-state index contributed by atoms with van der Waals surface area (Å²) in [4.78, 5) is 15.2. The Morgan fingerprint density at radius 2 is 1.44 bits per heavy atom. The normalized spacial score (nSPS) is 15.9. The van der Waals surface area contributed by atoms with Gasteiger partial charge in [-0.15, -0.1) is 0 Å². The molecule has 3 nitrogen and oxygen atoms in total. The smallest absolute Gasteiger partial charge is 0.219 e. The van der Waals surface area contributed by atoms with Gasteiger partial charge in [-0.25, -0.2) is 0 Å². The second-order valence-corrected chi connectivity index (χ2v) is 3.70. The monoisotopic (exact) mass is 230 g/mol. The molecule has 0 N–H and O–H groups in total. The molecule has 1 amide bonds. The lowest BCUT2D eigenvalue weighted by Crippen LogP contribution is -2.43. The number of carbonyl (C=O) groups is 1. The molecule has 0 saturated carbocycles. The molecule has 98 valence electrons. The molecule has 0 atom stereocenters. The molecule has 1 heterocycles. The van der Waals surface area contributed by atoms with E-state index in [9.17, 15) is 4.79 Å². The standard InChI is InChI=1S/C9H18N2O.2C2H6/c1-8(12)11-6-4-9(5-7-11)10(2)3;2*1-2/h9H,4-7H2,1-3H3;2*1-2H3. The maximum absolute atomic E-state index is 11.0. The molecule has 1 fully saturated rings. The van der Waals surface area contributed by atoms with Gasteiger partial charge in [0.15, 0.2) is 0 Å². The van der Waals surface area contributed by atoms with Gasteiger partial charge in [0, 0.05) is 26.1 Å². The third-order valence-corrected chi connectivity index (χ3v) is 2.64. The van der Waals surface area contributed by atoms with Crippen LogP contribution in [0.15, 0.2) is 0 Å². The van der Waals surface area contributed by atoms with E-state index >= 15 is 0 Å². The summed E-state index contributed by atoms with van der Waals surface area (Å²) in [5.41, 5.74) is 0. The van der Waals surface area contributed by atoms with E-state index in [1.807, 2.05) is 32.6 Å². The van der Waals surface area contributed by atoms with E-state index in [0.29, 0.717) is 6.04 Å². The fraction of sp³-hybridized carbons (Fsp3) is 0.923. The Hall–Kier alpha value is -0.570. The summed E-state index contributed by atoms with van der Waals surface area (Å²) in [6.45, 7) is 11.5. The van der Waals surface area contributed by atoms with Crippen LogP contribution in [0.4, 0.5) is 0 Å². The van der Waals surface area contributed by atoms with Crippen LogP contribution < -0.4 is 0 Å². The molecule has 3 heteroatoms. The van der Waals surface area contributed by atoms with E-state index in [0.717, 1.165) is 25.9 Å². The summed E-state index contributed by atoms with van der Waals surface area (Å²) < 4.78 is 0. The largest absolute Gasteiger partial charge is 0.343 e. The van der Waals surface area contributed by atoms with Crippen LogP contribution in [0.3, 0.4) is 0 Å². The van der Waals surface area contributed by atoms with E-state index in [1.54, 1.807) is 6.92 Å². The Kier molecular flexibility index (Phi) is 12.2. The van der Waals surface area contributed by atoms with Gasteiger partial charge < -0.3 is 9.80 Å². The van der Waals surface area contributed by atoms with Gasteiger partial charge in [0.2, 0.25) is 5.91 Å². The zero-order chi connectivity index (χ0) is 13.1. The van der Waals surface area contributed by atoms with Gasteiger partial charge in [-0.2, -0.15) is 0 Å². The molecule has 1 aliphatic heterocycles. The van der Waals surface area contributed by atoms with Crippen LogP contribution in [0.2, 0.25) is 0 Å². The van der Waals surface area contributed by atoms with E-state index in [4.69, 9.17) is 0 Å². The molecule has 0 bridgehead atoms. The predicted octanol–water partition coefficient (Wildman–Crippen LogP) is 2.61. The fourth-order valence-corrected chi connectivity index (χ4v) is 1.70. The number of likely N-dealkylation sites (tertiary alicyclic amines) is 1. The molecule has 1 saturated heterocycles. The number of carbonyl (C=O) groups excluding carboxylic acids is 1. The summed E-state index contributed by atoms with van der Waals surface area (Å²) in [6.07, 6.45) is 2.24. The van der Waals surface area contributed by atoms with Crippen molar-refractivity contribution in [3.63, 3.8) is 0 Å². The van der Waals surface area contributed by atoms with Gasteiger partial charge in [-0.1, -0.05) is 27.7 Å². The highest BCUT2D eigenvalue weighted by molar-refractivity contribution is 5.73. The van der Waals surface area contributed by atoms with Crippen LogP contribution in [-0.4, -0.2) is 48.9 Å². The average Bonchev–Trinajstić information content (AvgIpc) is 2.34. The number of piperidine rings is 1. The Morgan fingerprint density at radius 1 is 1.06 bits per heavy atom. The van der Waals surface area contributed by atoms with Crippen LogP contribution in [0.1, 0.15) is 47.5 Å². The van der Waals surface area contributed by atoms with Crippen LogP contribution in [0.25, 0.3) is 0 Å². The molecular formula is C13H30N2O. The zero-order valence-corrected chi connectivity index (χ0v) is 12.2. The lowest BCUT2D eigenvalue weighted by atomic mass is 10.0. The predicted molar refractivity (Wildman–Crippen MR) is 71.7 cm³/mol. The quantitative estimate of drug-likeness (QED) is 0.691. The lowest BCUT2D eigenvalue weighted by molar-refractivity contribution is -0.130. The van der Waals surface area contributed by atoms with Crippen LogP contribution in [0.5, 0.6) is 0 Å². The highest BCUT2D eigenvalue weighted by atomic mass is 16.2. The summed E-state index contributed by atoms with van der Waals surface area (Å²) in [5, 5.41) is 0. The first-order chi connectivity index (χ1) is 7.61. The SMILES string of the molecule is CC.CC.CC(=O)N1CCC(N(C)C)CC1. The van der Waals surface area contributed by atoms with E-state index in [-0.39, 0.29) is 5.91 Å². The Bertz CT molecular complexity index is 161. The van der Waals surface area contributed by atoms with Crippen LogP contribution in [0, 0.1) is 0 Å². The molecule has 0 radical (unpaired) electrons. The number of hydrogen-bond donors (Lipinski definition) is 0. The first kappa shape index (κ1) is 17.8. The first-order valence-electron chi connectivity index (χ1n) is 6.53. The van der Waals surface area contributed by atoms with E-state index in [2.05, 4.69) is 19.0 Å². The molecule has 1 rings (SSSR count). The van der Waals surface area contributed by atoms with Crippen LogP contribution in [-0.2, 0) is 4.79 Å². The number of nitrogens with zero attached hydrogens (tertiary/aromatic N) is 2. The van der Waals surface area contributed by atoms with Crippen molar-refractivity contribution in [3.05, 3.63) is 0 Å². The zero-order valence-electron chi connectivity index (χ0n) is 12.2. The molecule has 0 spiro atoms. The molecule has 0 aromatic rings. The highest BCUT2D eigenvalue weighted by Crippen LogP contribution is 2.13. The van der Waals surface area contributed by atoms with Crippen molar-refractivity contribution in [3.8, 4) is 0 Å². The Labute approximate surface area is 102 Å². The minimum absolute atomic E-state index is 0.215. The summed E-state index contributed by atoms with van der Waals surface area (Å²) in [7, 11) is 4.21. The third-order valence-electron chi connectivity index (χ3n) is 2.64. The van der Waals surface area contributed by atoms with Gasteiger partial charge in [-0.05, 0) is 26.9 Å². The molecular weight excluding hydrogens is 200 g/mol. The van der Waals surface area contributed by atoms with E-state index in [1.165, 1.54) is 0 Å². The van der Waals surface area contributed by atoms with Gasteiger partial charge in [-0.3, -0.25) is 4.79 Å². The van der Waals surface area contributed by atoms with Crippen LogP contribution >= 0.6 is 0 Å². The van der Waals surface area contributed by atoms with Gasteiger partial charge in [0.05, 0.1) is 0 Å². The number of amides is 1. The number of rotatable bonds is 1. The van der Waals surface area contributed by atoms with Crippen molar-refractivity contribution in [2.24, 2.45) is 0 Å². The Balaban J connectivity index is 0. The minimum Gasteiger partial charge on any atom is -0.343 e. The summed E-state index contributed by atoms with van der Waals surface area (Å²) in [6, 6.07) is 0.667. The fourth-order valence-electron chi connectivity index (χ4n) is 1.70. The minimum atomic E-state index is 0.215. The molecule has 0 aromatic carbocycles. The third kappa shape index (κ3) is 6.83. The van der Waals surface area contributed by atoms with Crippen molar-refractivity contribution in [1.29, 1.82) is 0 Å². The van der Waals surface area contributed by atoms with Crippen molar-refractivity contribution in [1.82, 2.24) is 9.80 Å². The maximum atomic E-state index is 11.0. The highest BCUT2D eigenvalue weighted by Gasteiger charge is 2.21. The molecule has 0 unspecified atom stereocenters. The van der Waals surface area contributed by atoms with Gasteiger partial charge in [0.1, 0.15) is 0 Å².